The zero-order valence-electron chi connectivity index (χ0n) is 14.1. The normalized spacial score (nSPS) is 16.9. The van der Waals surface area contributed by atoms with Crippen molar-refractivity contribution in [1.82, 2.24) is 4.98 Å². The van der Waals surface area contributed by atoms with Crippen molar-refractivity contribution < 1.29 is 24.5 Å². The highest BCUT2D eigenvalue weighted by atomic mass is 19.1. The molecule has 4 N–H and O–H groups in total. The lowest BCUT2D eigenvalue weighted by molar-refractivity contribution is 0.0691. The number of hydrogen-bond donors (Lipinski definition) is 4. The minimum Gasteiger partial charge on any atom is -0.506 e. The van der Waals surface area contributed by atoms with Gasteiger partial charge in [0.05, 0.1) is 11.8 Å². The second kappa shape index (κ2) is 6.80. The number of β-amino-alcohol motifs (C(OH)–C–C–N with tert-alkyl or cyclic N) is 1. The van der Waals surface area contributed by atoms with Gasteiger partial charge in [-0.1, -0.05) is 6.92 Å². The Labute approximate surface area is 148 Å². The summed E-state index contributed by atoms with van der Waals surface area (Å²) in [5.41, 5.74) is -0.859. The molecule has 26 heavy (non-hydrogen) atoms. The summed E-state index contributed by atoms with van der Waals surface area (Å²) >= 11 is 0. The molecule has 1 saturated heterocycles. The molecule has 8 heteroatoms. The molecular formula is C18H19FN2O5. The average molecular weight is 362 g/mol. The van der Waals surface area contributed by atoms with Gasteiger partial charge in [-0.05, 0) is 31.0 Å². The number of aromatic nitrogens is 1. The molecule has 1 aromatic heterocycles. The van der Waals surface area contributed by atoms with E-state index in [0.717, 1.165) is 0 Å². The second-order valence-corrected chi connectivity index (χ2v) is 6.24. The largest absolute Gasteiger partial charge is 0.506 e. The van der Waals surface area contributed by atoms with E-state index >= 15 is 0 Å². The molecule has 1 aromatic carbocycles. The summed E-state index contributed by atoms with van der Waals surface area (Å²) in [5, 5.41) is 28.9. The maximum absolute atomic E-state index is 14.7. The van der Waals surface area contributed by atoms with Crippen LogP contribution in [0.5, 0.6) is 5.75 Å². The molecule has 7 nitrogen and oxygen atoms in total. The summed E-state index contributed by atoms with van der Waals surface area (Å²) in [6, 6.07) is 4.43. The van der Waals surface area contributed by atoms with Crippen molar-refractivity contribution in [3.05, 3.63) is 45.5 Å². The number of aromatic amines is 1. The van der Waals surface area contributed by atoms with Gasteiger partial charge in [-0.3, -0.25) is 4.79 Å². The summed E-state index contributed by atoms with van der Waals surface area (Å²) < 4.78 is 14.7. The van der Waals surface area contributed by atoms with Crippen molar-refractivity contribution in [2.45, 2.75) is 25.9 Å². The molecule has 0 amide bonds. The van der Waals surface area contributed by atoms with E-state index in [1.54, 1.807) is 13.0 Å². The summed E-state index contributed by atoms with van der Waals surface area (Å²) in [5.74, 6) is -2.81. The number of halogens is 1. The Balaban J connectivity index is 2.09. The van der Waals surface area contributed by atoms with Gasteiger partial charge in [-0.2, -0.15) is 0 Å². The van der Waals surface area contributed by atoms with Crippen LogP contribution in [0.1, 0.15) is 29.3 Å². The van der Waals surface area contributed by atoms with Crippen molar-refractivity contribution in [2.75, 3.05) is 18.0 Å². The number of nitrogens with one attached hydrogen (secondary N) is 1. The van der Waals surface area contributed by atoms with E-state index in [0.29, 0.717) is 25.2 Å². The lowest BCUT2D eigenvalue weighted by atomic mass is 10.00. The third kappa shape index (κ3) is 3.03. The Hall–Kier alpha value is -2.87. The van der Waals surface area contributed by atoms with E-state index in [4.69, 9.17) is 5.11 Å². The van der Waals surface area contributed by atoms with Gasteiger partial charge in [0.1, 0.15) is 11.6 Å². The molecule has 0 bridgehead atoms. The summed E-state index contributed by atoms with van der Waals surface area (Å²) in [7, 11) is 0. The van der Waals surface area contributed by atoms with Gasteiger partial charge in [-0.15, -0.1) is 0 Å². The highest BCUT2D eigenvalue weighted by molar-refractivity contribution is 5.92. The van der Waals surface area contributed by atoms with Crippen LogP contribution in [0, 0.1) is 5.82 Å². The molecule has 1 fully saturated rings. The predicted molar refractivity (Wildman–Crippen MR) is 93.3 cm³/mol. The van der Waals surface area contributed by atoms with Crippen LogP contribution in [0.4, 0.5) is 10.1 Å². The van der Waals surface area contributed by atoms with Gasteiger partial charge < -0.3 is 25.2 Å². The molecule has 0 aliphatic carbocycles. The van der Waals surface area contributed by atoms with Crippen LogP contribution >= 0.6 is 0 Å². The minimum absolute atomic E-state index is 0.0607. The number of aliphatic hydroxyl groups is 1. The second-order valence-electron chi connectivity index (χ2n) is 6.24. The van der Waals surface area contributed by atoms with Gasteiger partial charge in [0.15, 0.2) is 5.56 Å². The number of rotatable bonds is 4. The summed E-state index contributed by atoms with van der Waals surface area (Å²) in [6.45, 7) is 2.70. The fourth-order valence-electron chi connectivity index (χ4n) is 3.28. The van der Waals surface area contributed by atoms with Gasteiger partial charge in [0.2, 0.25) is 0 Å². The molecular weight excluding hydrogens is 343 g/mol. The lowest BCUT2D eigenvalue weighted by Gasteiger charge is -2.19. The first-order valence-electron chi connectivity index (χ1n) is 8.27. The standard InChI is InChI=1S/C18H19FN2O5/c1-2-11-15(20-17(24)14(16(11)23)18(25)26)12-4-3-9(7-13(12)19)21-6-5-10(22)8-21/h3-4,7,10,22H,2,5-6,8H2,1H3,(H,25,26)(H2,20,23,24)/t10-/m0/s1. The molecule has 0 unspecified atom stereocenters. The fraction of sp³-hybridized carbons (Fsp3) is 0.333. The zero-order valence-corrected chi connectivity index (χ0v) is 14.1. The first-order valence-corrected chi connectivity index (χ1v) is 8.27. The Morgan fingerprint density at radius 2 is 2.15 bits per heavy atom. The van der Waals surface area contributed by atoms with Crippen molar-refractivity contribution in [3.8, 4) is 17.0 Å². The van der Waals surface area contributed by atoms with Gasteiger partial charge in [0, 0.05) is 29.9 Å². The number of nitrogens with zero attached hydrogens (tertiary/aromatic N) is 1. The Bertz CT molecular complexity index is 925. The summed E-state index contributed by atoms with van der Waals surface area (Å²) in [4.78, 5) is 27.4. The number of anilines is 1. The maximum Gasteiger partial charge on any atom is 0.345 e. The van der Waals surface area contributed by atoms with Gasteiger partial charge in [0.25, 0.3) is 5.56 Å². The topological polar surface area (TPSA) is 114 Å². The number of aliphatic hydroxyl groups excluding tert-OH is 1. The molecule has 138 valence electrons. The van der Waals surface area contributed by atoms with Crippen LogP contribution in [-0.2, 0) is 6.42 Å². The molecule has 1 atom stereocenters. The van der Waals surface area contributed by atoms with E-state index in [1.807, 2.05) is 4.90 Å². The number of pyridine rings is 1. The fourth-order valence-corrected chi connectivity index (χ4v) is 3.28. The van der Waals surface area contributed by atoms with E-state index < -0.39 is 34.8 Å². The summed E-state index contributed by atoms with van der Waals surface area (Å²) in [6.07, 6.45) is 0.375. The van der Waals surface area contributed by atoms with Crippen molar-refractivity contribution in [2.24, 2.45) is 0 Å². The van der Waals surface area contributed by atoms with Gasteiger partial charge in [-0.25, -0.2) is 9.18 Å². The van der Waals surface area contributed by atoms with Crippen LogP contribution in [0.15, 0.2) is 23.0 Å². The quantitative estimate of drug-likeness (QED) is 0.659. The van der Waals surface area contributed by atoms with Crippen LogP contribution in [0.2, 0.25) is 0 Å². The van der Waals surface area contributed by atoms with Crippen LogP contribution in [0.25, 0.3) is 11.3 Å². The Morgan fingerprint density at radius 1 is 1.42 bits per heavy atom. The molecule has 0 saturated carbocycles. The smallest absolute Gasteiger partial charge is 0.345 e. The van der Waals surface area contributed by atoms with Crippen molar-refractivity contribution in [3.63, 3.8) is 0 Å². The molecule has 1 aliphatic heterocycles. The van der Waals surface area contributed by atoms with Crippen molar-refractivity contribution >= 4 is 11.7 Å². The van der Waals surface area contributed by atoms with E-state index in [2.05, 4.69) is 4.98 Å². The molecule has 0 radical (unpaired) electrons. The number of carboxylic acid groups (broad SMARTS) is 1. The monoisotopic (exact) mass is 362 g/mol. The van der Waals surface area contributed by atoms with Crippen LogP contribution in [-0.4, -0.2) is 45.5 Å². The number of benzene rings is 1. The van der Waals surface area contributed by atoms with Gasteiger partial charge >= 0.3 is 5.97 Å². The molecule has 0 spiro atoms. The van der Waals surface area contributed by atoms with E-state index in [-0.39, 0.29) is 23.2 Å². The zero-order chi connectivity index (χ0) is 19.0. The molecule has 2 heterocycles. The first-order chi connectivity index (χ1) is 12.3. The first kappa shape index (κ1) is 17.9. The Kier molecular flexibility index (Phi) is 4.69. The third-order valence-electron chi connectivity index (χ3n) is 4.61. The number of aromatic carboxylic acids is 1. The SMILES string of the molecule is CCc1c(-c2ccc(N3CC[C@H](O)C3)cc2F)[nH]c(=O)c(C(=O)O)c1O. The van der Waals surface area contributed by atoms with E-state index in [9.17, 15) is 24.2 Å². The molecule has 3 rings (SSSR count). The predicted octanol–water partition coefficient (Wildman–Crippen LogP) is 1.72. The number of H-pyrrole nitrogens is 1. The molecule has 2 aromatic rings. The highest BCUT2D eigenvalue weighted by Gasteiger charge is 2.24. The minimum atomic E-state index is -1.55. The maximum atomic E-state index is 14.7. The average Bonchev–Trinajstić information content (AvgIpc) is 3.00. The molecule has 1 aliphatic rings. The van der Waals surface area contributed by atoms with Crippen LogP contribution in [0.3, 0.4) is 0 Å². The number of carbonyl (C=O) groups is 1. The lowest BCUT2D eigenvalue weighted by Crippen LogP contribution is -2.21. The Morgan fingerprint density at radius 3 is 2.69 bits per heavy atom. The number of carboxylic acids is 1. The van der Waals surface area contributed by atoms with Crippen LogP contribution < -0.4 is 10.5 Å². The van der Waals surface area contributed by atoms with Crippen molar-refractivity contribution in [1.29, 1.82) is 0 Å². The number of hydrogen-bond acceptors (Lipinski definition) is 5. The number of aromatic hydroxyl groups is 1. The van der Waals surface area contributed by atoms with E-state index in [1.165, 1.54) is 12.1 Å². The third-order valence-corrected chi connectivity index (χ3v) is 4.61. The highest BCUT2D eigenvalue weighted by Crippen LogP contribution is 2.33.